The van der Waals surface area contributed by atoms with E-state index in [-0.39, 0.29) is 11.6 Å². The van der Waals surface area contributed by atoms with Crippen LogP contribution in [-0.2, 0) is 0 Å². The zero-order valence-electron chi connectivity index (χ0n) is 9.64. The second kappa shape index (κ2) is 4.64. The standard InChI is InChI=1S/C14H8ClNO2S/c15-8-1-3-9(4-2-8)16-11-7-12(17)14-10(13(11)18)5-6-19-14/h1-7,16H. The van der Waals surface area contributed by atoms with Crippen molar-refractivity contribution in [1.82, 2.24) is 0 Å². The van der Waals surface area contributed by atoms with Gasteiger partial charge in [0, 0.05) is 22.3 Å². The van der Waals surface area contributed by atoms with Crippen LogP contribution < -0.4 is 5.32 Å². The van der Waals surface area contributed by atoms with Crippen LogP contribution in [0.25, 0.3) is 0 Å². The van der Waals surface area contributed by atoms with Gasteiger partial charge in [0.25, 0.3) is 0 Å². The molecule has 0 saturated carbocycles. The average molecular weight is 290 g/mol. The van der Waals surface area contributed by atoms with Crippen molar-refractivity contribution < 1.29 is 9.59 Å². The van der Waals surface area contributed by atoms with Gasteiger partial charge in [0.2, 0.25) is 5.78 Å². The van der Waals surface area contributed by atoms with Gasteiger partial charge >= 0.3 is 0 Å². The topological polar surface area (TPSA) is 46.2 Å². The predicted octanol–water partition coefficient (Wildman–Crippen LogP) is 3.78. The lowest BCUT2D eigenvalue weighted by Gasteiger charge is -2.13. The van der Waals surface area contributed by atoms with Crippen LogP contribution in [0.1, 0.15) is 20.0 Å². The van der Waals surface area contributed by atoms with E-state index < -0.39 is 0 Å². The van der Waals surface area contributed by atoms with Crippen molar-refractivity contribution in [3.05, 3.63) is 62.9 Å². The van der Waals surface area contributed by atoms with E-state index in [4.69, 9.17) is 11.6 Å². The highest BCUT2D eigenvalue weighted by atomic mass is 35.5. The smallest absolute Gasteiger partial charge is 0.210 e. The highest BCUT2D eigenvalue weighted by Gasteiger charge is 2.26. The molecule has 1 aliphatic carbocycles. The van der Waals surface area contributed by atoms with E-state index in [2.05, 4.69) is 5.32 Å². The molecule has 0 spiro atoms. The summed E-state index contributed by atoms with van der Waals surface area (Å²) in [5.41, 5.74) is 1.47. The van der Waals surface area contributed by atoms with E-state index in [9.17, 15) is 9.59 Å². The van der Waals surface area contributed by atoms with Crippen LogP contribution in [0.15, 0.2) is 47.5 Å². The molecule has 1 N–H and O–H groups in total. The van der Waals surface area contributed by atoms with Crippen LogP contribution >= 0.6 is 22.9 Å². The number of halogens is 1. The molecular formula is C14H8ClNO2S. The van der Waals surface area contributed by atoms with E-state index in [0.29, 0.717) is 21.2 Å². The number of rotatable bonds is 2. The number of nitrogens with one attached hydrogen (secondary N) is 1. The predicted molar refractivity (Wildman–Crippen MR) is 76.1 cm³/mol. The number of hydrogen-bond donors (Lipinski definition) is 1. The molecule has 0 unspecified atom stereocenters. The Morgan fingerprint density at radius 1 is 1.05 bits per heavy atom. The minimum absolute atomic E-state index is 0.138. The molecule has 0 aliphatic heterocycles. The van der Waals surface area contributed by atoms with E-state index in [1.54, 1.807) is 35.7 Å². The summed E-state index contributed by atoms with van der Waals surface area (Å²) in [5, 5.41) is 5.32. The SMILES string of the molecule is O=C1C(Nc2ccc(Cl)cc2)=CC(=O)c2sccc21. The summed E-state index contributed by atoms with van der Waals surface area (Å²) in [5.74, 6) is -0.299. The van der Waals surface area contributed by atoms with E-state index in [1.807, 2.05) is 0 Å². The Labute approximate surface area is 118 Å². The molecule has 94 valence electrons. The van der Waals surface area contributed by atoms with E-state index in [1.165, 1.54) is 17.4 Å². The highest BCUT2D eigenvalue weighted by Crippen LogP contribution is 2.27. The molecule has 0 bridgehead atoms. The number of thiophene rings is 1. The Morgan fingerprint density at radius 3 is 2.53 bits per heavy atom. The van der Waals surface area contributed by atoms with Crippen molar-refractivity contribution in [2.45, 2.75) is 0 Å². The summed E-state index contributed by atoms with van der Waals surface area (Å²) < 4.78 is 0. The molecule has 1 aromatic heterocycles. The summed E-state index contributed by atoms with van der Waals surface area (Å²) in [7, 11) is 0. The molecule has 0 amide bonds. The number of allylic oxidation sites excluding steroid dienone is 2. The lowest BCUT2D eigenvalue weighted by molar-refractivity contribution is 0.0988. The maximum Gasteiger partial charge on any atom is 0.210 e. The second-order valence-corrected chi connectivity index (χ2v) is 5.40. The fraction of sp³-hybridized carbons (Fsp3) is 0. The first-order chi connectivity index (χ1) is 9.15. The summed E-state index contributed by atoms with van der Waals surface area (Å²) in [4.78, 5) is 24.6. The molecule has 0 saturated heterocycles. The Morgan fingerprint density at radius 2 is 1.79 bits per heavy atom. The largest absolute Gasteiger partial charge is 0.352 e. The maximum absolute atomic E-state index is 12.2. The first kappa shape index (κ1) is 12.1. The van der Waals surface area contributed by atoms with E-state index >= 15 is 0 Å². The van der Waals surface area contributed by atoms with Crippen LogP contribution in [-0.4, -0.2) is 11.6 Å². The Kier molecular flexibility index (Phi) is 2.97. The quantitative estimate of drug-likeness (QED) is 0.915. The third kappa shape index (κ3) is 2.20. The number of Topliss-reactive ketones (excluding diaryl/α,β-unsaturated/α-hetero) is 1. The third-order valence-electron chi connectivity index (χ3n) is 2.78. The van der Waals surface area contributed by atoms with Gasteiger partial charge in [0.1, 0.15) is 0 Å². The Hall–Kier alpha value is -1.91. The summed E-state index contributed by atoms with van der Waals surface area (Å²) in [6.07, 6.45) is 1.34. The summed E-state index contributed by atoms with van der Waals surface area (Å²) >= 11 is 7.08. The summed E-state index contributed by atoms with van der Waals surface area (Å²) in [6.45, 7) is 0. The fourth-order valence-corrected chi connectivity index (χ4v) is 2.80. The number of ketones is 2. The molecule has 0 fully saturated rings. The number of benzene rings is 1. The number of fused-ring (bicyclic) bond motifs is 1. The van der Waals surface area contributed by atoms with Crippen molar-refractivity contribution >= 4 is 40.2 Å². The van der Waals surface area contributed by atoms with Crippen molar-refractivity contribution in [1.29, 1.82) is 0 Å². The third-order valence-corrected chi connectivity index (χ3v) is 3.96. The molecule has 19 heavy (non-hydrogen) atoms. The van der Waals surface area contributed by atoms with Gasteiger partial charge in [-0.15, -0.1) is 11.3 Å². The van der Waals surface area contributed by atoms with Gasteiger partial charge in [-0.2, -0.15) is 0 Å². The monoisotopic (exact) mass is 289 g/mol. The normalized spacial score (nSPS) is 14.1. The molecule has 0 radical (unpaired) electrons. The van der Waals surface area contributed by atoms with Crippen LogP contribution in [0.2, 0.25) is 5.02 Å². The first-order valence-corrected chi connectivity index (χ1v) is 6.82. The van der Waals surface area contributed by atoms with Gasteiger partial charge in [-0.05, 0) is 35.7 Å². The van der Waals surface area contributed by atoms with Crippen LogP contribution in [0.5, 0.6) is 0 Å². The average Bonchev–Trinajstić information content (AvgIpc) is 2.88. The molecule has 2 aromatic rings. The molecule has 0 atom stereocenters. The van der Waals surface area contributed by atoms with Crippen LogP contribution in [0.3, 0.4) is 0 Å². The molecule has 1 aliphatic rings. The number of carbonyl (C=O) groups is 2. The van der Waals surface area contributed by atoms with E-state index in [0.717, 1.165) is 5.69 Å². The maximum atomic E-state index is 12.2. The van der Waals surface area contributed by atoms with Gasteiger partial charge in [-0.3, -0.25) is 9.59 Å². The minimum atomic E-state index is -0.161. The van der Waals surface area contributed by atoms with Gasteiger partial charge in [-0.25, -0.2) is 0 Å². The molecule has 1 heterocycles. The van der Waals surface area contributed by atoms with Gasteiger partial charge in [-0.1, -0.05) is 11.6 Å². The Bertz CT molecular complexity index is 700. The fourth-order valence-electron chi connectivity index (χ4n) is 1.87. The van der Waals surface area contributed by atoms with Crippen molar-refractivity contribution in [3.8, 4) is 0 Å². The molecule has 3 nitrogen and oxygen atoms in total. The van der Waals surface area contributed by atoms with Gasteiger partial charge in [0.15, 0.2) is 5.78 Å². The van der Waals surface area contributed by atoms with Crippen LogP contribution in [0, 0.1) is 0 Å². The second-order valence-electron chi connectivity index (χ2n) is 4.05. The number of carbonyl (C=O) groups excluding carboxylic acids is 2. The lowest BCUT2D eigenvalue weighted by Crippen LogP contribution is -2.19. The minimum Gasteiger partial charge on any atom is -0.352 e. The molecule has 1 aromatic carbocycles. The van der Waals surface area contributed by atoms with Gasteiger partial charge in [0.05, 0.1) is 10.6 Å². The highest BCUT2D eigenvalue weighted by molar-refractivity contribution is 7.12. The van der Waals surface area contributed by atoms with Gasteiger partial charge < -0.3 is 5.32 Å². The number of hydrogen-bond acceptors (Lipinski definition) is 4. The zero-order chi connectivity index (χ0) is 13.4. The number of anilines is 1. The van der Waals surface area contributed by atoms with Crippen molar-refractivity contribution in [2.75, 3.05) is 5.32 Å². The van der Waals surface area contributed by atoms with Crippen LogP contribution in [0.4, 0.5) is 5.69 Å². The zero-order valence-corrected chi connectivity index (χ0v) is 11.2. The summed E-state index contributed by atoms with van der Waals surface area (Å²) in [6, 6.07) is 8.62. The molecule has 3 rings (SSSR count). The van der Waals surface area contributed by atoms with Crippen molar-refractivity contribution in [3.63, 3.8) is 0 Å². The lowest BCUT2D eigenvalue weighted by atomic mass is 10.0. The molecule has 5 heteroatoms. The Balaban J connectivity index is 1.92. The first-order valence-electron chi connectivity index (χ1n) is 5.56. The van der Waals surface area contributed by atoms with Crippen molar-refractivity contribution in [2.24, 2.45) is 0 Å². The molecular weight excluding hydrogens is 282 g/mol.